The number of hydrogen-bond donors (Lipinski definition) is 3. The fourth-order valence-corrected chi connectivity index (χ4v) is 3.30. The Balaban J connectivity index is 1.59. The summed E-state index contributed by atoms with van der Waals surface area (Å²) in [5.41, 5.74) is 3.19. The van der Waals surface area contributed by atoms with Gasteiger partial charge in [-0.15, -0.1) is 0 Å². The minimum absolute atomic E-state index is 0.123. The summed E-state index contributed by atoms with van der Waals surface area (Å²) in [6.07, 6.45) is 0. The molecule has 2 atom stereocenters. The summed E-state index contributed by atoms with van der Waals surface area (Å²) in [5.74, 6) is -0.172. The molecule has 0 aliphatic rings. The van der Waals surface area contributed by atoms with Crippen LogP contribution in [-0.2, 0) is 0 Å². The van der Waals surface area contributed by atoms with Crippen LogP contribution in [0.15, 0.2) is 83.3 Å². The molecule has 0 bridgehead atoms. The first-order valence-electron chi connectivity index (χ1n) is 9.71. The lowest BCUT2D eigenvalue weighted by atomic mass is 10.1. The molecular weight excluding hydrogens is 442 g/mol. The highest BCUT2D eigenvalue weighted by molar-refractivity contribution is 9.10. The molecular formula is C24H24BrN3O2. The Morgan fingerprint density at radius 3 is 2.07 bits per heavy atom. The van der Waals surface area contributed by atoms with Crippen molar-refractivity contribution in [2.45, 2.75) is 25.9 Å². The van der Waals surface area contributed by atoms with Gasteiger partial charge >= 0.3 is 6.03 Å². The number of carbonyl (C=O) groups is 2. The van der Waals surface area contributed by atoms with Gasteiger partial charge < -0.3 is 16.0 Å². The van der Waals surface area contributed by atoms with Crippen molar-refractivity contribution in [1.29, 1.82) is 0 Å². The van der Waals surface area contributed by atoms with E-state index in [-0.39, 0.29) is 24.0 Å². The smallest absolute Gasteiger partial charge is 0.315 e. The van der Waals surface area contributed by atoms with Gasteiger partial charge in [-0.1, -0.05) is 58.4 Å². The van der Waals surface area contributed by atoms with Crippen LogP contribution in [-0.4, -0.2) is 11.9 Å². The van der Waals surface area contributed by atoms with Crippen LogP contribution in [0.4, 0.5) is 10.5 Å². The van der Waals surface area contributed by atoms with Crippen LogP contribution in [0.25, 0.3) is 0 Å². The second-order valence-corrected chi connectivity index (χ2v) is 7.97. The van der Waals surface area contributed by atoms with Crippen LogP contribution in [0.1, 0.15) is 47.4 Å². The summed E-state index contributed by atoms with van der Waals surface area (Å²) in [6, 6.07) is 23.7. The number of nitrogens with one attached hydrogen (secondary N) is 3. The SMILES string of the molecule is CC(NC(=O)NC(C)c1cccc(NC(=O)c2ccccc2)c1)c1ccc(Br)cc1. The number of carbonyl (C=O) groups excluding carboxylic acids is 2. The average Bonchev–Trinajstić information content (AvgIpc) is 2.75. The molecule has 0 radical (unpaired) electrons. The van der Waals surface area contributed by atoms with Crippen molar-refractivity contribution in [1.82, 2.24) is 10.6 Å². The Hall–Kier alpha value is -3.12. The lowest BCUT2D eigenvalue weighted by Crippen LogP contribution is -2.38. The Morgan fingerprint density at radius 2 is 1.40 bits per heavy atom. The number of urea groups is 1. The average molecular weight is 466 g/mol. The van der Waals surface area contributed by atoms with E-state index in [0.29, 0.717) is 11.3 Å². The van der Waals surface area contributed by atoms with E-state index in [1.807, 2.05) is 80.6 Å². The maximum Gasteiger partial charge on any atom is 0.315 e. The predicted octanol–water partition coefficient (Wildman–Crippen LogP) is 5.82. The van der Waals surface area contributed by atoms with E-state index in [0.717, 1.165) is 15.6 Å². The third-order valence-corrected chi connectivity index (χ3v) is 5.27. The van der Waals surface area contributed by atoms with E-state index >= 15 is 0 Å². The van der Waals surface area contributed by atoms with Gasteiger partial charge in [0, 0.05) is 15.7 Å². The van der Waals surface area contributed by atoms with Crippen molar-refractivity contribution in [3.05, 3.63) is 100 Å². The highest BCUT2D eigenvalue weighted by Crippen LogP contribution is 2.19. The molecule has 5 nitrogen and oxygen atoms in total. The third kappa shape index (κ3) is 5.94. The quantitative estimate of drug-likeness (QED) is 0.428. The maximum absolute atomic E-state index is 12.4. The maximum atomic E-state index is 12.4. The van der Waals surface area contributed by atoms with Crippen molar-refractivity contribution in [3.8, 4) is 0 Å². The second-order valence-electron chi connectivity index (χ2n) is 7.06. The summed E-state index contributed by atoms with van der Waals surface area (Å²) in [5, 5.41) is 8.79. The molecule has 0 aromatic heterocycles. The van der Waals surface area contributed by atoms with Gasteiger partial charge in [0.15, 0.2) is 0 Å². The van der Waals surface area contributed by atoms with Gasteiger partial charge in [-0.05, 0) is 61.4 Å². The summed E-state index contributed by atoms with van der Waals surface area (Å²) >= 11 is 3.41. The number of anilines is 1. The van der Waals surface area contributed by atoms with Gasteiger partial charge in [0.05, 0.1) is 12.1 Å². The van der Waals surface area contributed by atoms with Crippen molar-refractivity contribution in [2.24, 2.45) is 0 Å². The first kappa shape index (κ1) is 21.6. The molecule has 0 aliphatic heterocycles. The molecule has 30 heavy (non-hydrogen) atoms. The standard InChI is InChI=1S/C24H24BrN3O2/c1-16(18-11-13-21(25)14-12-18)26-24(30)27-17(2)20-9-6-10-22(15-20)28-23(29)19-7-4-3-5-8-19/h3-17H,1-2H3,(H,28,29)(H2,26,27,30). The Morgan fingerprint density at radius 1 is 0.767 bits per heavy atom. The zero-order valence-electron chi connectivity index (χ0n) is 16.9. The lowest BCUT2D eigenvalue weighted by molar-refractivity contribution is 0.102. The van der Waals surface area contributed by atoms with Gasteiger partial charge in [0.25, 0.3) is 5.91 Å². The van der Waals surface area contributed by atoms with E-state index in [9.17, 15) is 9.59 Å². The Kier molecular flexibility index (Phi) is 7.25. The summed E-state index contributed by atoms with van der Waals surface area (Å²) < 4.78 is 0.996. The molecule has 0 saturated heterocycles. The topological polar surface area (TPSA) is 70.2 Å². The van der Waals surface area contributed by atoms with E-state index in [1.54, 1.807) is 12.1 Å². The van der Waals surface area contributed by atoms with Crippen molar-refractivity contribution in [3.63, 3.8) is 0 Å². The lowest BCUT2D eigenvalue weighted by Gasteiger charge is -2.19. The number of rotatable bonds is 6. The number of hydrogen-bond acceptors (Lipinski definition) is 2. The number of benzene rings is 3. The fourth-order valence-electron chi connectivity index (χ4n) is 3.03. The molecule has 0 aliphatic carbocycles. The van der Waals surface area contributed by atoms with E-state index in [2.05, 4.69) is 31.9 Å². The van der Waals surface area contributed by atoms with Crippen LogP contribution in [0.3, 0.4) is 0 Å². The summed E-state index contributed by atoms with van der Waals surface area (Å²) in [4.78, 5) is 24.8. The summed E-state index contributed by atoms with van der Waals surface area (Å²) in [6.45, 7) is 3.84. The molecule has 3 aromatic carbocycles. The largest absolute Gasteiger partial charge is 0.332 e. The van der Waals surface area contributed by atoms with Crippen LogP contribution in [0.2, 0.25) is 0 Å². The highest BCUT2D eigenvalue weighted by atomic mass is 79.9. The molecule has 0 heterocycles. The molecule has 3 aromatic rings. The first-order valence-corrected chi connectivity index (χ1v) is 10.5. The molecule has 0 spiro atoms. The second kappa shape index (κ2) is 10.1. The van der Waals surface area contributed by atoms with E-state index in [4.69, 9.17) is 0 Å². The molecule has 6 heteroatoms. The van der Waals surface area contributed by atoms with Gasteiger partial charge in [-0.25, -0.2) is 4.79 Å². The molecule has 0 saturated carbocycles. The monoisotopic (exact) mass is 465 g/mol. The number of amides is 3. The minimum Gasteiger partial charge on any atom is -0.332 e. The predicted molar refractivity (Wildman–Crippen MR) is 123 cm³/mol. The minimum atomic E-state index is -0.253. The molecule has 3 rings (SSSR count). The fraction of sp³-hybridized carbons (Fsp3) is 0.167. The Labute approximate surface area is 185 Å². The van der Waals surface area contributed by atoms with Crippen molar-refractivity contribution in [2.75, 3.05) is 5.32 Å². The van der Waals surface area contributed by atoms with Gasteiger partial charge in [0.2, 0.25) is 0 Å². The van der Waals surface area contributed by atoms with Crippen LogP contribution < -0.4 is 16.0 Å². The molecule has 3 N–H and O–H groups in total. The van der Waals surface area contributed by atoms with Gasteiger partial charge in [-0.3, -0.25) is 4.79 Å². The zero-order valence-corrected chi connectivity index (χ0v) is 18.4. The van der Waals surface area contributed by atoms with Crippen LogP contribution in [0, 0.1) is 0 Å². The first-order chi connectivity index (χ1) is 14.4. The Bertz CT molecular complexity index is 1010. The third-order valence-electron chi connectivity index (χ3n) is 4.75. The van der Waals surface area contributed by atoms with E-state index in [1.165, 1.54) is 0 Å². The van der Waals surface area contributed by atoms with Crippen LogP contribution in [0.5, 0.6) is 0 Å². The van der Waals surface area contributed by atoms with E-state index < -0.39 is 0 Å². The van der Waals surface area contributed by atoms with Crippen molar-refractivity contribution >= 4 is 33.6 Å². The molecule has 0 fully saturated rings. The highest BCUT2D eigenvalue weighted by Gasteiger charge is 2.14. The van der Waals surface area contributed by atoms with Gasteiger partial charge in [-0.2, -0.15) is 0 Å². The van der Waals surface area contributed by atoms with Crippen molar-refractivity contribution < 1.29 is 9.59 Å². The molecule has 2 unspecified atom stereocenters. The van der Waals surface area contributed by atoms with Crippen LogP contribution >= 0.6 is 15.9 Å². The van der Waals surface area contributed by atoms with Gasteiger partial charge in [0.1, 0.15) is 0 Å². The zero-order chi connectivity index (χ0) is 21.5. The number of halogens is 1. The molecule has 154 valence electrons. The molecule has 3 amide bonds. The summed E-state index contributed by atoms with van der Waals surface area (Å²) in [7, 11) is 0. The normalized spacial score (nSPS) is 12.5.